The lowest BCUT2D eigenvalue weighted by molar-refractivity contribution is -0.0115. The van der Waals surface area contributed by atoms with Crippen LogP contribution in [0.5, 0.6) is 17.2 Å². The average Bonchev–Trinajstić information content (AvgIpc) is 3.64. The molecule has 4 atom stereocenters. The second-order valence-electron chi connectivity index (χ2n) is 14.0. The van der Waals surface area contributed by atoms with Crippen LogP contribution in [0.25, 0.3) is 10.8 Å². The molecule has 13 nitrogen and oxygen atoms in total. The molecule has 2 aliphatic heterocycles. The highest BCUT2D eigenvalue weighted by Gasteiger charge is 2.31. The van der Waals surface area contributed by atoms with Gasteiger partial charge in [-0.15, -0.1) is 0 Å². The first-order chi connectivity index (χ1) is 26.1. The van der Waals surface area contributed by atoms with Gasteiger partial charge in [0, 0.05) is 55.5 Å². The van der Waals surface area contributed by atoms with E-state index in [1.807, 2.05) is 56.3 Å². The predicted molar refractivity (Wildman–Crippen MR) is 208 cm³/mol. The van der Waals surface area contributed by atoms with Crippen LogP contribution in [-0.2, 0) is 4.74 Å². The van der Waals surface area contributed by atoms with Crippen molar-refractivity contribution in [2.24, 2.45) is 5.92 Å². The number of nitrogens with one attached hydrogen (secondary N) is 3. The summed E-state index contributed by atoms with van der Waals surface area (Å²) in [6, 6.07) is 22.4. The Labute approximate surface area is 315 Å². The fourth-order valence-electron chi connectivity index (χ4n) is 6.63. The van der Waals surface area contributed by atoms with Gasteiger partial charge in [0.1, 0.15) is 5.75 Å². The first-order valence-electron chi connectivity index (χ1n) is 18.4. The van der Waals surface area contributed by atoms with Crippen molar-refractivity contribution in [1.29, 1.82) is 0 Å². The van der Waals surface area contributed by atoms with Crippen LogP contribution in [0.3, 0.4) is 0 Å². The van der Waals surface area contributed by atoms with Crippen molar-refractivity contribution in [1.82, 2.24) is 9.80 Å². The summed E-state index contributed by atoms with van der Waals surface area (Å²) in [5.41, 5.74) is 1.88. The highest BCUT2D eigenvalue weighted by molar-refractivity contribution is 6.07. The number of anilines is 3. The second kappa shape index (κ2) is 17.5. The van der Waals surface area contributed by atoms with E-state index >= 15 is 0 Å². The monoisotopic (exact) mass is 739 g/mol. The number of aliphatic hydroxyl groups excluding tert-OH is 1. The van der Waals surface area contributed by atoms with Gasteiger partial charge < -0.3 is 49.8 Å². The lowest BCUT2D eigenvalue weighted by Gasteiger charge is -2.35. The lowest BCUT2D eigenvalue weighted by atomic mass is 10.0. The number of carbonyl (C=O) groups is 3. The standard InChI is InChI=1S/C41H49N5O8/c1-26-22-46(27(2)24-47)39(48)33-20-30(42-40(49)44-34-14-9-12-29-11-5-6-13-32(29)34)15-17-35(33)54-28(3)10-7-8-19-51-38(26)23-45(4)41(50)43-31-16-18-36-37(21-31)53-25-52-36/h5-6,9,11-18,20-21,26-28,38,47H,7-8,10,19,22-25H2,1-4H3,(H,43,50)(H2,42,44,49)/t26-,27+,28+,38+/m1/s1. The van der Waals surface area contributed by atoms with Crippen molar-refractivity contribution >= 4 is 45.8 Å². The molecule has 286 valence electrons. The number of carbonyl (C=O) groups excluding carboxylic acids is 3. The number of rotatable bonds is 7. The highest BCUT2D eigenvalue weighted by atomic mass is 16.7. The summed E-state index contributed by atoms with van der Waals surface area (Å²) in [7, 11) is 1.70. The Morgan fingerprint density at radius 2 is 1.65 bits per heavy atom. The van der Waals surface area contributed by atoms with Gasteiger partial charge in [-0.25, -0.2) is 9.59 Å². The molecule has 0 fully saturated rings. The van der Waals surface area contributed by atoms with Gasteiger partial charge in [-0.3, -0.25) is 4.79 Å². The Morgan fingerprint density at radius 1 is 0.907 bits per heavy atom. The van der Waals surface area contributed by atoms with E-state index in [0.29, 0.717) is 40.9 Å². The highest BCUT2D eigenvalue weighted by Crippen LogP contribution is 2.34. The molecule has 6 rings (SSSR count). The third kappa shape index (κ3) is 9.33. The van der Waals surface area contributed by atoms with E-state index in [1.54, 1.807) is 60.2 Å². The SMILES string of the molecule is C[C@@H]1CN([C@@H](C)CO)C(=O)c2cc(NC(=O)Nc3cccc4ccccc34)ccc2O[C@@H](C)CCCCO[C@H]1CN(C)C(=O)Nc1ccc2c(c1)OCO2. The molecule has 4 aromatic carbocycles. The number of amides is 5. The molecule has 0 saturated carbocycles. The number of likely N-dealkylation sites (N-methyl/N-ethyl adjacent to an activating group) is 1. The van der Waals surface area contributed by atoms with E-state index in [4.69, 9.17) is 18.9 Å². The molecule has 0 aromatic heterocycles. The first-order valence-corrected chi connectivity index (χ1v) is 18.4. The summed E-state index contributed by atoms with van der Waals surface area (Å²) < 4.78 is 23.6. The van der Waals surface area contributed by atoms with E-state index in [-0.39, 0.29) is 56.0 Å². The maximum atomic E-state index is 14.5. The largest absolute Gasteiger partial charge is 0.490 e. The van der Waals surface area contributed by atoms with Crippen LogP contribution in [0.4, 0.5) is 26.7 Å². The van der Waals surface area contributed by atoms with Crippen molar-refractivity contribution in [3.63, 3.8) is 0 Å². The Morgan fingerprint density at radius 3 is 2.46 bits per heavy atom. The van der Waals surface area contributed by atoms with Gasteiger partial charge in [0.2, 0.25) is 6.79 Å². The topological polar surface area (TPSA) is 151 Å². The van der Waals surface area contributed by atoms with Crippen LogP contribution in [0.1, 0.15) is 50.4 Å². The molecule has 0 spiro atoms. The summed E-state index contributed by atoms with van der Waals surface area (Å²) in [6.45, 7) is 6.50. The molecule has 0 bridgehead atoms. The zero-order valence-corrected chi connectivity index (χ0v) is 31.2. The van der Waals surface area contributed by atoms with Crippen LogP contribution >= 0.6 is 0 Å². The van der Waals surface area contributed by atoms with Crippen LogP contribution < -0.4 is 30.2 Å². The fourth-order valence-corrected chi connectivity index (χ4v) is 6.63. The molecule has 0 saturated heterocycles. The number of urea groups is 2. The molecule has 13 heteroatoms. The van der Waals surface area contributed by atoms with Crippen molar-refractivity contribution in [3.05, 3.63) is 84.4 Å². The maximum Gasteiger partial charge on any atom is 0.323 e. The molecule has 4 N–H and O–H groups in total. The van der Waals surface area contributed by atoms with Crippen LogP contribution in [-0.4, -0.2) is 91.3 Å². The van der Waals surface area contributed by atoms with Crippen molar-refractivity contribution in [3.8, 4) is 17.2 Å². The molecule has 54 heavy (non-hydrogen) atoms. The summed E-state index contributed by atoms with van der Waals surface area (Å²) in [4.78, 5) is 44.2. The van der Waals surface area contributed by atoms with Gasteiger partial charge >= 0.3 is 12.1 Å². The molecule has 2 aliphatic rings. The molecule has 0 aliphatic carbocycles. The number of hydrogen-bond acceptors (Lipinski definition) is 8. The quantitative estimate of drug-likeness (QED) is 0.156. The summed E-state index contributed by atoms with van der Waals surface area (Å²) in [5.74, 6) is 0.962. The average molecular weight is 740 g/mol. The number of nitrogens with zero attached hydrogens (tertiary/aromatic N) is 2. The van der Waals surface area contributed by atoms with E-state index in [1.165, 1.54) is 0 Å². The number of aliphatic hydroxyl groups is 1. The third-order valence-electron chi connectivity index (χ3n) is 9.77. The van der Waals surface area contributed by atoms with Crippen molar-refractivity contribution < 1.29 is 38.4 Å². The van der Waals surface area contributed by atoms with Gasteiger partial charge in [-0.1, -0.05) is 43.3 Å². The van der Waals surface area contributed by atoms with Crippen molar-refractivity contribution in [2.75, 3.05) is 56.1 Å². The normalized spacial score (nSPS) is 19.5. The number of benzene rings is 4. The molecule has 5 amide bonds. The molecular weight excluding hydrogens is 690 g/mol. The van der Waals surface area contributed by atoms with Gasteiger partial charge in [0.25, 0.3) is 5.91 Å². The summed E-state index contributed by atoms with van der Waals surface area (Å²) >= 11 is 0. The maximum absolute atomic E-state index is 14.5. The molecule has 2 heterocycles. The van der Waals surface area contributed by atoms with Gasteiger partial charge in [-0.05, 0) is 74.9 Å². The summed E-state index contributed by atoms with van der Waals surface area (Å²) in [6.07, 6.45) is 1.69. The van der Waals surface area contributed by atoms with Crippen LogP contribution in [0, 0.1) is 5.92 Å². The smallest absolute Gasteiger partial charge is 0.323 e. The fraction of sp³-hybridized carbons (Fsp3) is 0.390. The van der Waals surface area contributed by atoms with Gasteiger partial charge in [0.15, 0.2) is 11.5 Å². The van der Waals surface area contributed by atoms with Crippen LogP contribution in [0.2, 0.25) is 0 Å². The predicted octanol–water partition coefficient (Wildman–Crippen LogP) is 7.17. The first kappa shape index (κ1) is 38.2. The molecule has 4 aromatic rings. The summed E-state index contributed by atoms with van der Waals surface area (Å²) in [5, 5.41) is 20.9. The minimum Gasteiger partial charge on any atom is -0.490 e. The zero-order chi connectivity index (χ0) is 38.2. The molecule has 0 unspecified atom stereocenters. The lowest BCUT2D eigenvalue weighted by Crippen LogP contribution is -2.48. The minimum absolute atomic E-state index is 0.136. The van der Waals surface area contributed by atoms with E-state index < -0.39 is 18.2 Å². The van der Waals surface area contributed by atoms with E-state index in [9.17, 15) is 19.5 Å². The molecule has 0 radical (unpaired) electrons. The Hall–Kier alpha value is -5.53. The van der Waals surface area contributed by atoms with Gasteiger partial charge in [0.05, 0.1) is 36.1 Å². The Bertz CT molecular complexity index is 1950. The zero-order valence-electron chi connectivity index (χ0n) is 31.2. The third-order valence-corrected chi connectivity index (χ3v) is 9.77. The van der Waals surface area contributed by atoms with Crippen LogP contribution in [0.15, 0.2) is 78.9 Å². The van der Waals surface area contributed by atoms with Gasteiger partial charge in [-0.2, -0.15) is 0 Å². The minimum atomic E-state index is -0.558. The Balaban J connectivity index is 1.21. The number of hydrogen-bond donors (Lipinski definition) is 4. The van der Waals surface area contributed by atoms with E-state index in [0.717, 1.165) is 30.0 Å². The van der Waals surface area contributed by atoms with E-state index in [2.05, 4.69) is 16.0 Å². The Kier molecular flexibility index (Phi) is 12.4. The number of ether oxygens (including phenoxy) is 4. The second-order valence-corrected chi connectivity index (χ2v) is 14.0. The van der Waals surface area contributed by atoms with Crippen molar-refractivity contribution in [2.45, 2.75) is 58.3 Å². The molecular formula is C41H49N5O8. The number of fused-ring (bicyclic) bond motifs is 3.